The smallest absolute Gasteiger partial charge is 0.323 e. The lowest BCUT2D eigenvalue weighted by Gasteiger charge is -2.38. The van der Waals surface area contributed by atoms with Gasteiger partial charge in [-0.25, -0.2) is 9.59 Å². The zero-order chi connectivity index (χ0) is 30.5. The summed E-state index contributed by atoms with van der Waals surface area (Å²) in [6, 6.07) is 9.06. The predicted molar refractivity (Wildman–Crippen MR) is 161 cm³/mol. The molecule has 0 aromatic heterocycles. The van der Waals surface area contributed by atoms with E-state index in [2.05, 4.69) is 16.0 Å². The van der Waals surface area contributed by atoms with Crippen molar-refractivity contribution in [2.75, 3.05) is 44.2 Å². The number of hydrogen-bond acceptors (Lipinski definition) is 7. The molecule has 43 heavy (non-hydrogen) atoms. The molecule has 3 aliphatic rings. The first kappa shape index (κ1) is 30.3. The Hall–Kier alpha value is -4.19. The van der Waals surface area contributed by atoms with Gasteiger partial charge in [-0.3, -0.25) is 4.79 Å². The van der Waals surface area contributed by atoms with Crippen molar-refractivity contribution in [3.05, 3.63) is 42.0 Å². The molecule has 2 aliphatic heterocycles. The van der Waals surface area contributed by atoms with Gasteiger partial charge in [-0.2, -0.15) is 0 Å². The molecular formula is C31H41N5O7. The number of ether oxygens (including phenoxy) is 3. The molecule has 232 valence electrons. The molecule has 0 spiro atoms. The number of aliphatic hydroxyl groups excluding tert-OH is 1. The maximum Gasteiger partial charge on any atom is 0.323 e. The summed E-state index contributed by atoms with van der Waals surface area (Å²) in [5, 5.41) is 18.6. The van der Waals surface area contributed by atoms with Gasteiger partial charge < -0.3 is 45.1 Å². The van der Waals surface area contributed by atoms with E-state index >= 15 is 0 Å². The normalized spacial score (nSPS) is 20.7. The van der Waals surface area contributed by atoms with Gasteiger partial charge in [0.2, 0.25) is 6.79 Å². The number of fused-ring (bicyclic) bond motifs is 2. The fraction of sp³-hybridized carbons (Fsp3) is 0.516. The van der Waals surface area contributed by atoms with Crippen LogP contribution in [0.3, 0.4) is 0 Å². The average Bonchev–Trinajstić information content (AvgIpc) is 3.47. The first-order valence-corrected chi connectivity index (χ1v) is 14.9. The number of likely N-dealkylation sites (N-methyl/N-ethyl adjacent to an activating group) is 1. The Morgan fingerprint density at radius 2 is 1.70 bits per heavy atom. The monoisotopic (exact) mass is 595 g/mol. The lowest BCUT2D eigenvalue weighted by Crippen LogP contribution is -2.52. The van der Waals surface area contributed by atoms with E-state index < -0.39 is 18.2 Å². The van der Waals surface area contributed by atoms with Crippen LogP contribution in [0.15, 0.2) is 36.4 Å². The highest BCUT2D eigenvalue weighted by molar-refractivity contribution is 6.02. The van der Waals surface area contributed by atoms with Crippen molar-refractivity contribution in [3.63, 3.8) is 0 Å². The quantitative estimate of drug-likeness (QED) is 0.375. The molecule has 0 saturated heterocycles. The Morgan fingerprint density at radius 3 is 2.42 bits per heavy atom. The first-order chi connectivity index (χ1) is 20.7. The van der Waals surface area contributed by atoms with Crippen LogP contribution in [-0.2, 0) is 0 Å². The van der Waals surface area contributed by atoms with Crippen molar-refractivity contribution >= 4 is 29.3 Å². The number of aliphatic hydroxyl groups is 1. The van der Waals surface area contributed by atoms with E-state index in [1.165, 1.54) is 6.42 Å². The van der Waals surface area contributed by atoms with Gasteiger partial charge >= 0.3 is 12.1 Å². The summed E-state index contributed by atoms with van der Waals surface area (Å²) in [4.78, 5) is 42.8. The Morgan fingerprint density at radius 1 is 1.02 bits per heavy atom. The first-order valence-electron chi connectivity index (χ1n) is 14.9. The van der Waals surface area contributed by atoms with E-state index in [1.54, 1.807) is 60.2 Å². The summed E-state index contributed by atoms with van der Waals surface area (Å²) >= 11 is 0. The van der Waals surface area contributed by atoms with Gasteiger partial charge in [0.05, 0.1) is 24.8 Å². The number of rotatable bonds is 7. The van der Waals surface area contributed by atoms with Crippen LogP contribution in [0.2, 0.25) is 0 Å². The Kier molecular flexibility index (Phi) is 9.44. The zero-order valence-corrected chi connectivity index (χ0v) is 24.9. The lowest BCUT2D eigenvalue weighted by molar-refractivity contribution is 0.0366. The number of benzene rings is 2. The second-order valence-corrected chi connectivity index (χ2v) is 11.6. The van der Waals surface area contributed by atoms with Gasteiger partial charge in [-0.05, 0) is 50.1 Å². The molecule has 3 atom stereocenters. The summed E-state index contributed by atoms with van der Waals surface area (Å²) in [5.74, 6) is 1.04. The molecular weight excluding hydrogens is 554 g/mol. The minimum Gasteiger partial charge on any atom is -0.487 e. The highest BCUT2D eigenvalue weighted by Gasteiger charge is 2.34. The van der Waals surface area contributed by atoms with Crippen LogP contribution in [0.4, 0.5) is 21.0 Å². The molecule has 1 saturated carbocycles. The molecule has 1 fully saturated rings. The second kappa shape index (κ2) is 13.4. The minimum absolute atomic E-state index is 0.131. The van der Waals surface area contributed by atoms with E-state index in [0.29, 0.717) is 41.7 Å². The number of nitrogens with one attached hydrogen (secondary N) is 3. The molecule has 5 rings (SSSR count). The zero-order valence-electron chi connectivity index (χ0n) is 24.9. The van der Waals surface area contributed by atoms with E-state index in [4.69, 9.17) is 14.2 Å². The van der Waals surface area contributed by atoms with Gasteiger partial charge in [0.15, 0.2) is 11.5 Å². The number of carbonyl (C=O) groups excluding carboxylic acids is 3. The SMILES string of the molecule is C[C@@H]1CN([C@H](C)CO)C(=O)c2cc(NC(=O)Nc3ccc4c(c3)OCO4)ccc2O[C@H]1CN(C)C(=O)NC1CCCCC1. The highest BCUT2D eigenvalue weighted by Crippen LogP contribution is 2.34. The van der Waals surface area contributed by atoms with Gasteiger partial charge in [-0.15, -0.1) is 0 Å². The third-order valence-electron chi connectivity index (χ3n) is 8.29. The number of carbonyl (C=O) groups is 3. The predicted octanol–water partition coefficient (Wildman–Crippen LogP) is 4.25. The average molecular weight is 596 g/mol. The molecule has 0 unspecified atom stereocenters. The molecule has 12 nitrogen and oxygen atoms in total. The molecule has 12 heteroatoms. The van der Waals surface area contributed by atoms with E-state index in [0.717, 1.165) is 25.7 Å². The molecule has 1 aliphatic carbocycles. The minimum atomic E-state index is -0.504. The summed E-state index contributed by atoms with van der Waals surface area (Å²) in [6.45, 7) is 4.32. The van der Waals surface area contributed by atoms with Gasteiger partial charge in [0, 0.05) is 43.0 Å². The topological polar surface area (TPSA) is 142 Å². The number of urea groups is 2. The summed E-state index contributed by atoms with van der Waals surface area (Å²) in [5.41, 5.74) is 1.16. The maximum absolute atomic E-state index is 13.7. The van der Waals surface area contributed by atoms with Crippen molar-refractivity contribution in [2.45, 2.75) is 64.1 Å². The van der Waals surface area contributed by atoms with Crippen LogP contribution >= 0.6 is 0 Å². The van der Waals surface area contributed by atoms with Crippen molar-refractivity contribution in [2.24, 2.45) is 5.92 Å². The summed E-state index contributed by atoms with van der Waals surface area (Å²) in [7, 11) is 1.75. The summed E-state index contributed by atoms with van der Waals surface area (Å²) < 4.78 is 17.1. The number of nitrogens with zero attached hydrogens (tertiary/aromatic N) is 2. The maximum atomic E-state index is 13.7. The standard InChI is InChI=1S/C31H41N5O7/c1-19-15-36(20(2)17-37)29(38)24-13-22(32-30(39)33-23-10-12-26-27(14-23)42-18-41-26)9-11-25(24)43-28(19)16-35(3)31(40)34-21-7-5-4-6-8-21/h9-14,19-21,28,37H,4-8,15-18H2,1-3H3,(H,34,40)(H2,32,33,39)/t19-,20-,28+/m1/s1. The number of amides is 5. The molecule has 2 aromatic carbocycles. The fourth-order valence-corrected chi connectivity index (χ4v) is 5.67. The molecule has 0 bridgehead atoms. The molecule has 0 radical (unpaired) electrons. The number of hydrogen-bond donors (Lipinski definition) is 4. The molecule has 4 N–H and O–H groups in total. The third-order valence-corrected chi connectivity index (χ3v) is 8.29. The van der Waals surface area contributed by atoms with E-state index in [1.807, 2.05) is 6.92 Å². The summed E-state index contributed by atoms with van der Waals surface area (Å²) in [6.07, 6.45) is 5.01. The van der Waals surface area contributed by atoms with Crippen LogP contribution in [0.5, 0.6) is 17.2 Å². The van der Waals surface area contributed by atoms with Gasteiger partial charge in [0.25, 0.3) is 5.91 Å². The third kappa shape index (κ3) is 7.24. The Balaban J connectivity index is 1.32. The van der Waals surface area contributed by atoms with Crippen molar-refractivity contribution in [1.82, 2.24) is 15.1 Å². The van der Waals surface area contributed by atoms with E-state index in [-0.39, 0.29) is 42.9 Å². The van der Waals surface area contributed by atoms with Crippen LogP contribution < -0.4 is 30.2 Å². The van der Waals surface area contributed by atoms with Crippen LogP contribution in [-0.4, -0.2) is 84.6 Å². The van der Waals surface area contributed by atoms with Crippen molar-refractivity contribution < 1.29 is 33.7 Å². The highest BCUT2D eigenvalue weighted by atomic mass is 16.7. The molecule has 5 amide bonds. The number of anilines is 2. The van der Waals surface area contributed by atoms with Crippen LogP contribution in [0.25, 0.3) is 0 Å². The van der Waals surface area contributed by atoms with Crippen molar-refractivity contribution in [3.8, 4) is 17.2 Å². The van der Waals surface area contributed by atoms with Crippen LogP contribution in [0.1, 0.15) is 56.3 Å². The largest absolute Gasteiger partial charge is 0.487 e. The fourth-order valence-electron chi connectivity index (χ4n) is 5.67. The Labute approximate surface area is 251 Å². The molecule has 2 aromatic rings. The Bertz CT molecular complexity index is 1330. The second-order valence-electron chi connectivity index (χ2n) is 11.6. The van der Waals surface area contributed by atoms with Crippen molar-refractivity contribution in [1.29, 1.82) is 0 Å². The lowest BCUT2D eigenvalue weighted by atomic mass is 9.96. The van der Waals surface area contributed by atoms with Crippen LogP contribution in [0, 0.1) is 5.92 Å². The van der Waals surface area contributed by atoms with E-state index in [9.17, 15) is 19.5 Å². The van der Waals surface area contributed by atoms with Gasteiger partial charge in [-0.1, -0.05) is 26.2 Å². The van der Waals surface area contributed by atoms with Gasteiger partial charge in [0.1, 0.15) is 11.9 Å². The molecule has 2 heterocycles.